The first-order chi connectivity index (χ1) is 11.2. The number of nitrogens with two attached hydrogens (primary N) is 2. The van der Waals surface area contributed by atoms with E-state index < -0.39 is 0 Å². The van der Waals surface area contributed by atoms with Gasteiger partial charge in [-0.3, -0.25) is 0 Å². The highest BCUT2D eigenvalue weighted by atomic mass is 15.2. The highest BCUT2D eigenvalue weighted by Gasteiger charge is 2.03. The minimum Gasteiger partial charge on any atom is -0.368 e. The van der Waals surface area contributed by atoms with Gasteiger partial charge >= 0.3 is 0 Å². The lowest BCUT2D eigenvalue weighted by Crippen LogP contribution is -2.06. The molecule has 0 amide bonds. The van der Waals surface area contributed by atoms with Gasteiger partial charge < -0.3 is 16.8 Å². The molecule has 0 aliphatic carbocycles. The van der Waals surface area contributed by atoms with Crippen LogP contribution in [0.4, 0.5) is 34.9 Å². The Morgan fingerprint density at radius 3 is 2.13 bits per heavy atom. The molecule has 5 N–H and O–H groups in total. The van der Waals surface area contributed by atoms with Crippen molar-refractivity contribution in [3.63, 3.8) is 0 Å². The quantitative estimate of drug-likeness (QED) is 0.635. The van der Waals surface area contributed by atoms with Gasteiger partial charge in [-0.25, -0.2) is 0 Å². The van der Waals surface area contributed by atoms with E-state index in [1.807, 2.05) is 54.6 Å². The third kappa shape index (κ3) is 3.97. The molecule has 0 atom stereocenters. The van der Waals surface area contributed by atoms with Crippen LogP contribution in [0.15, 0.2) is 64.8 Å². The van der Waals surface area contributed by atoms with Crippen LogP contribution in [0.2, 0.25) is 0 Å². The number of hydrogen-bond donors (Lipinski definition) is 3. The third-order valence-corrected chi connectivity index (χ3v) is 2.81. The molecule has 0 fully saturated rings. The molecule has 0 spiro atoms. The van der Waals surface area contributed by atoms with Crippen LogP contribution in [-0.2, 0) is 0 Å². The summed E-state index contributed by atoms with van der Waals surface area (Å²) in [7, 11) is 0. The van der Waals surface area contributed by atoms with Gasteiger partial charge in [0.25, 0.3) is 0 Å². The number of aromatic nitrogens is 3. The van der Waals surface area contributed by atoms with Crippen LogP contribution in [0.5, 0.6) is 0 Å². The van der Waals surface area contributed by atoms with Crippen molar-refractivity contribution >= 4 is 34.9 Å². The fourth-order valence-electron chi connectivity index (χ4n) is 1.85. The Balaban J connectivity index is 1.78. The first-order valence-electron chi connectivity index (χ1n) is 6.80. The molecule has 0 bridgehead atoms. The minimum atomic E-state index is 0.0555. The van der Waals surface area contributed by atoms with Gasteiger partial charge in [-0.2, -0.15) is 25.2 Å². The average Bonchev–Trinajstić information content (AvgIpc) is 2.53. The number of azo groups is 1. The van der Waals surface area contributed by atoms with E-state index in [4.69, 9.17) is 11.5 Å². The van der Waals surface area contributed by atoms with Crippen LogP contribution in [0, 0.1) is 0 Å². The second-order valence-electron chi connectivity index (χ2n) is 4.59. The topological polar surface area (TPSA) is 127 Å². The molecule has 8 heteroatoms. The number of hydrogen-bond acceptors (Lipinski definition) is 8. The van der Waals surface area contributed by atoms with E-state index in [0.29, 0.717) is 5.69 Å². The van der Waals surface area contributed by atoms with Crippen LogP contribution in [0.25, 0.3) is 0 Å². The Morgan fingerprint density at radius 1 is 0.739 bits per heavy atom. The smallest absolute Gasteiger partial charge is 0.233 e. The minimum absolute atomic E-state index is 0.0555. The molecule has 0 unspecified atom stereocenters. The maximum absolute atomic E-state index is 5.54. The standard InChI is InChI=1S/C15H14N8/c16-13-19-14(17)21-15(20-13)18-11-7-4-8-12(9-11)23-22-10-5-2-1-3-6-10/h1-9H,(H5,16,17,18,19,20,21). The molecule has 0 aliphatic heterocycles. The molecule has 8 nitrogen and oxygen atoms in total. The number of benzene rings is 2. The third-order valence-electron chi connectivity index (χ3n) is 2.81. The number of nitrogens with one attached hydrogen (secondary N) is 1. The first-order valence-corrected chi connectivity index (χ1v) is 6.80. The molecule has 0 aliphatic rings. The summed E-state index contributed by atoms with van der Waals surface area (Å²) in [6, 6.07) is 16.8. The van der Waals surface area contributed by atoms with Crippen molar-refractivity contribution in [3.8, 4) is 0 Å². The van der Waals surface area contributed by atoms with Crippen molar-refractivity contribution in [2.45, 2.75) is 0 Å². The molecule has 0 saturated carbocycles. The lowest BCUT2D eigenvalue weighted by atomic mass is 10.3. The molecule has 1 aromatic heterocycles. The second-order valence-corrected chi connectivity index (χ2v) is 4.59. The fraction of sp³-hybridized carbons (Fsp3) is 0. The van der Waals surface area contributed by atoms with E-state index in [9.17, 15) is 0 Å². The Bertz CT molecular complexity index is 812. The summed E-state index contributed by atoms with van der Waals surface area (Å²) in [5.41, 5.74) is 13.3. The summed E-state index contributed by atoms with van der Waals surface area (Å²) in [5, 5.41) is 11.4. The van der Waals surface area contributed by atoms with Crippen LogP contribution in [-0.4, -0.2) is 15.0 Å². The van der Waals surface area contributed by atoms with Crippen molar-refractivity contribution in [1.29, 1.82) is 0 Å². The first kappa shape index (κ1) is 14.4. The number of nitrogens with zero attached hydrogens (tertiary/aromatic N) is 5. The molecule has 0 radical (unpaired) electrons. The number of anilines is 4. The summed E-state index contributed by atoms with van der Waals surface area (Å²) < 4.78 is 0. The molecular formula is C15H14N8. The predicted molar refractivity (Wildman–Crippen MR) is 89.0 cm³/mol. The zero-order chi connectivity index (χ0) is 16.1. The molecule has 0 saturated heterocycles. The van der Waals surface area contributed by atoms with Gasteiger partial charge in [0.15, 0.2) is 0 Å². The van der Waals surface area contributed by atoms with E-state index >= 15 is 0 Å². The Kier molecular flexibility index (Phi) is 4.05. The van der Waals surface area contributed by atoms with Gasteiger partial charge in [-0.15, -0.1) is 0 Å². The average molecular weight is 306 g/mol. The van der Waals surface area contributed by atoms with Gasteiger partial charge in [0.2, 0.25) is 17.8 Å². The van der Waals surface area contributed by atoms with E-state index in [0.717, 1.165) is 11.4 Å². The maximum Gasteiger partial charge on any atom is 0.233 e. The molecule has 1 heterocycles. The van der Waals surface area contributed by atoms with Gasteiger partial charge in [-0.05, 0) is 30.3 Å². The maximum atomic E-state index is 5.54. The van der Waals surface area contributed by atoms with Crippen molar-refractivity contribution in [3.05, 3.63) is 54.6 Å². The number of rotatable bonds is 4. The Hall–Kier alpha value is -3.55. The van der Waals surface area contributed by atoms with E-state index in [2.05, 4.69) is 30.5 Å². The van der Waals surface area contributed by atoms with Crippen molar-refractivity contribution in [1.82, 2.24) is 15.0 Å². The van der Waals surface area contributed by atoms with Gasteiger partial charge in [-0.1, -0.05) is 24.3 Å². The monoisotopic (exact) mass is 306 g/mol. The summed E-state index contributed by atoms with van der Waals surface area (Å²) in [5.74, 6) is 0.381. The van der Waals surface area contributed by atoms with Gasteiger partial charge in [0.1, 0.15) is 0 Å². The summed E-state index contributed by atoms with van der Waals surface area (Å²) in [6.45, 7) is 0. The zero-order valence-electron chi connectivity index (χ0n) is 12.1. The van der Waals surface area contributed by atoms with Crippen molar-refractivity contribution < 1.29 is 0 Å². The lowest BCUT2D eigenvalue weighted by molar-refractivity contribution is 1.08. The van der Waals surface area contributed by atoms with Gasteiger partial charge in [0.05, 0.1) is 11.4 Å². The highest BCUT2D eigenvalue weighted by molar-refractivity contribution is 5.60. The summed E-state index contributed by atoms with van der Waals surface area (Å²) in [4.78, 5) is 11.6. The predicted octanol–water partition coefficient (Wildman–Crippen LogP) is 3.20. The van der Waals surface area contributed by atoms with Crippen molar-refractivity contribution in [2.24, 2.45) is 10.2 Å². The summed E-state index contributed by atoms with van der Waals surface area (Å²) in [6.07, 6.45) is 0. The second kappa shape index (κ2) is 6.48. The van der Waals surface area contributed by atoms with Crippen LogP contribution in [0.1, 0.15) is 0 Å². The lowest BCUT2D eigenvalue weighted by Gasteiger charge is -2.05. The molecule has 3 aromatic rings. The van der Waals surface area contributed by atoms with Crippen molar-refractivity contribution in [2.75, 3.05) is 16.8 Å². The SMILES string of the molecule is Nc1nc(N)nc(Nc2cccc(N=Nc3ccccc3)c2)n1. The fourth-order valence-corrected chi connectivity index (χ4v) is 1.85. The van der Waals surface area contributed by atoms with E-state index in [1.165, 1.54) is 0 Å². The van der Waals surface area contributed by atoms with E-state index in [-0.39, 0.29) is 17.8 Å². The van der Waals surface area contributed by atoms with Crippen LogP contribution >= 0.6 is 0 Å². The summed E-state index contributed by atoms with van der Waals surface area (Å²) >= 11 is 0. The van der Waals surface area contributed by atoms with Gasteiger partial charge in [0, 0.05) is 5.69 Å². The largest absolute Gasteiger partial charge is 0.368 e. The molecule has 2 aromatic carbocycles. The van der Waals surface area contributed by atoms with Crippen LogP contribution in [0.3, 0.4) is 0 Å². The van der Waals surface area contributed by atoms with E-state index in [1.54, 1.807) is 0 Å². The molecular weight excluding hydrogens is 292 g/mol. The van der Waals surface area contributed by atoms with Crippen LogP contribution < -0.4 is 16.8 Å². The number of nitrogen functional groups attached to an aromatic ring is 2. The molecule has 23 heavy (non-hydrogen) atoms. The highest BCUT2D eigenvalue weighted by Crippen LogP contribution is 2.23. The molecule has 3 rings (SSSR count). The normalized spacial score (nSPS) is 10.8. The Morgan fingerprint density at radius 2 is 1.39 bits per heavy atom. The zero-order valence-corrected chi connectivity index (χ0v) is 12.1. The molecule has 114 valence electrons. The Labute approximate surface area is 132 Å².